The summed E-state index contributed by atoms with van der Waals surface area (Å²) in [4.78, 5) is 0. The van der Waals surface area contributed by atoms with Crippen LogP contribution in [0.1, 0.15) is 19.8 Å². The molecule has 4 heteroatoms. The van der Waals surface area contributed by atoms with Crippen LogP contribution < -0.4 is 5.32 Å². The summed E-state index contributed by atoms with van der Waals surface area (Å²) in [7, 11) is 3.25. The summed E-state index contributed by atoms with van der Waals surface area (Å²) in [6.45, 7) is 2.02. The number of methoxy groups -OCH3 is 2. The SMILES string of the molecule is COC(OC)C(C)NC1CC(O)C1. The van der Waals surface area contributed by atoms with Gasteiger partial charge >= 0.3 is 0 Å². The van der Waals surface area contributed by atoms with Gasteiger partial charge in [-0.25, -0.2) is 0 Å². The van der Waals surface area contributed by atoms with E-state index in [4.69, 9.17) is 14.6 Å². The van der Waals surface area contributed by atoms with E-state index in [1.54, 1.807) is 14.2 Å². The van der Waals surface area contributed by atoms with Crippen molar-refractivity contribution in [3.63, 3.8) is 0 Å². The van der Waals surface area contributed by atoms with Gasteiger partial charge in [-0.1, -0.05) is 0 Å². The molecule has 1 rings (SSSR count). The van der Waals surface area contributed by atoms with Gasteiger partial charge in [0.15, 0.2) is 6.29 Å². The minimum Gasteiger partial charge on any atom is -0.393 e. The molecule has 0 aromatic rings. The van der Waals surface area contributed by atoms with E-state index in [1.807, 2.05) is 6.92 Å². The van der Waals surface area contributed by atoms with E-state index >= 15 is 0 Å². The van der Waals surface area contributed by atoms with Gasteiger partial charge in [0.25, 0.3) is 0 Å². The standard InChI is InChI=1S/C9H19NO3/c1-6(9(12-2)13-3)10-7-4-8(11)5-7/h6-11H,4-5H2,1-3H3. The smallest absolute Gasteiger partial charge is 0.171 e. The maximum atomic E-state index is 9.08. The van der Waals surface area contributed by atoms with Gasteiger partial charge < -0.3 is 19.9 Å². The molecule has 0 amide bonds. The van der Waals surface area contributed by atoms with E-state index in [0.717, 1.165) is 12.8 Å². The molecule has 0 spiro atoms. The Kier molecular flexibility index (Phi) is 4.12. The molecule has 2 N–H and O–H groups in total. The Hall–Kier alpha value is -0.160. The minimum atomic E-state index is -0.210. The highest BCUT2D eigenvalue weighted by Gasteiger charge is 2.29. The zero-order chi connectivity index (χ0) is 9.84. The van der Waals surface area contributed by atoms with Crippen molar-refractivity contribution in [2.45, 2.75) is 44.2 Å². The highest BCUT2D eigenvalue weighted by Crippen LogP contribution is 2.20. The van der Waals surface area contributed by atoms with E-state index in [-0.39, 0.29) is 18.4 Å². The van der Waals surface area contributed by atoms with Crippen LogP contribution in [0, 0.1) is 0 Å². The number of rotatable bonds is 5. The maximum Gasteiger partial charge on any atom is 0.171 e. The molecule has 4 nitrogen and oxygen atoms in total. The first kappa shape index (κ1) is 10.9. The average molecular weight is 189 g/mol. The second kappa shape index (κ2) is 4.91. The van der Waals surface area contributed by atoms with Crippen LogP contribution in [0.25, 0.3) is 0 Å². The fraction of sp³-hybridized carbons (Fsp3) is 1.00. The molecule has 13 heavy (non-hydrogen) atoms. The summed E-state index contributed by atoms with van der Waals surface area (Å²) >= 11 is 0. The third kappa shape index (κ3) is 2.91. The highest BCUT2D eigenvalue weighted by molar-refractivity contribution is 4.86. The molecule has 1 atom stereocenters. The van der Waals surface area contributed by atoms with Gasteiger partial charge in [-0.15, -0.1) is 0 Å². The molecule has 0 bridgehead atoms. The van der Waals surface area contributed by atoms with Gasteiger partial charge in [0.05, 0.1) is 12.1 Å². The number of hydrogen-bond acceptors (Lipinski definition) is 4. The van der Waals surface area contributed by atoms with Crippen molar-refractivity contribution in [1.82, 2.24) is 5.32 Å². The summed E-state index contributed by atoms with van der Waals surface area (Å²) in [5, 5.41) is 12.4. The van der Waals surface area contributed by atoms with E-state index in [9.17, 15) is 0 Å². The van der Waals surface area contributed by atoms with Gasteiger partial charge in [0.2, 0.25) is 0 Å². The maximum absolute atomic E-state index is 9.08. The van der Waals surface area contributed by atoms with Crippen LogP contribution in [0.5, 0.6) is 0 Å². The van der Waals surface area contributed by atoms with Crippen LogP contribution in [0.4, 0.5) is 0 Å². The lowest BCUT2D eigenvalue weighted by molar-refractivity contribution is -0.124. The van der Waals surface area contributed by atoms with Gasteiger partial charge in [0.1, 0.15) is 0 Å². The fourth-order valence-corrected chi connectivity index (χ4v) is 1.68. The Balaban J connectivity index is 2.19. The first-order valence-electron chi connectivity index (χ1n) is 4.67. The molecule has 0 aromatic carbocycles. The van der Waals surface area contributed by atoms with Crippen molar-refractivity contribution in [1.29, 1.82) is 0 Å². The van der Waals surface area contributed by atoms with Crippen molar-refractivity contribution in [2.75, 3.05) is 14.2 Å². The molecule has 1 aliphatic rings. The molecule has 1 aliphatic carbocycles. The van der Waals surface area contributed by atoms with Crippen molar-refractivity contribution in [3.8, 4) is 0 Å². The Bertz CT molecular complexity index is 144. The molecule has 0 heterocycles. The molecule has 1 fully saturated rings. The molecule has 0 radical (unpaired) electrons. The summed E-state index contributed by atoms with van der Waals surface area (Å²) in [6, 6.07) is 0.574. The highest BCUT2D eigenvalue weighted by atomic mass is 16.7. The molecule has 1 saturated carbocycles. The Labute approximate surface area is 79.2 Å². The van der Waals surface area contributed by atoms with Gasteiger partial charge in [-0.05, 0) is 19.8 Å². The summed E-state index contributed by atoms with van der Waals surface area (Å²) in [5.74, 6) is 0. The Morgan fingerprint density at radius 2 is 1.85 bits per heavy atom. The number of hydrogen-bond donors (Lipinski definition) is 2. The lowest BCUT2D eigenvalue weighted by atomic mass is 9.89. The predicted octanol–water partition coefficient (Wildman–Crippen LogP) is 0.107. The third-order valence-electron chi connectivity index (χ3n) is 2.48. The van der Waals surface area contributed by atoms with Crippen molar-refractivity contribution in [2.24, 2.45) is 0 Å². The number of aliphatic hydroxyl groups is 1. The zero-order valence-electron chi connectivity index (χ0n) is 8.49. The van der Waals surface area contributed by atoms with Crippen LogP contribution in [0.2, 0.25) is 0 Å². The zero-order valence-corrected chi connectivity index (χ0v) is 8.49. The van der Waals surface area contributed by atoms with Gasteiger partial charge in [-0.2, -0.15) is 0 Å². The van der Waals surface area contributed by atoms with E-state index in [1.165, 1.54) is 0 Å². The van der Waals surface area contributed by atoms with E-state index in [0.29, 0.717) is 6.04 Å². The summed E-state index contributed by atoms with van der Waals surface area (Å²) < 4.78 is 10.2. The van der Waals surface area contributed by atoms with Crippen LogP contribution in [-0.2, 0) is 9.47 Å². The molecule has 0 aliphatic heterocycles. The first-order valence-corrected chi connectivity index (χ1v) is 4.67. The second-order valence-electron chi connectivity index (χ2n) is 3.62. The molecule has 78 valence electrons. The van der Waals surface area contributed by atoms with Crippen LogP contribution in [0.3, 0.4) is 0 Å². The number of aliphatic hydroxyl groups excluding tert-OH is 1. The molecule has 1 unspecified atom stereocenters. The minimum absolute atomic E-state index is 0.117. The van der Waals surface area contributed by atoms with Crippen LogP contribution >= 0.6 is 0 Å². The van der Waals surface area contributed by atoms with Crippen molar-refractivity contribution < 1.29 is 14.6 Å². The monoisotopic (exact) mass is 189 g/mol. The van der Waals surface area contributed by atoms with Gasteiger partial charge in [0, 0.05) is 20.3 Å². The third-order valence-corrected chi connectivity index (χ3v) is 2.48. The normalized spacial score (nSPS) is 30.2. The lowest BCUT2D eigenvalue weighted by Crippen LogP contribution is -2.51. The van der Waals surface area contributed by atoms with Gasteiger partial charge in [-0.3, -0.25) is 0 Å². The largest absolute Gasteiger partial charge is 0.393 e. The van der Waals surface area contributed by atoms with Crippen molar-refractivity contribution >= 4 is 0 Å². The first-order chi connectivity index (χ1) is 6.17. The quantitative estimate of drug-likeness (QED) is 0.603. The Morgan fingerprint density at radius 3 is 2.23 bits per heavy atom. The number of nitrogens with one attached hydrogen (secondary N) is 1. The molecular weight excluding hydrogens is 170 g/mol. The van der Waals surface area contributed by atoms with Crippen molar-refractivity contribution in [3.05, 3.63) is 0 Å². The second-order valence-corrected chi connectivity index (χ2v) is 3.62. The topological polar surface area (TPSA) is 50.7 Å². The lowest BCUT2D eigenvalue weighted by Gasteiger charge is -2.36. The average Bonchev–Trinajstić information content (AvgIpc) is 2.04. The van der Waals surface area contributed by atoms with E-state index in [2.05, 4.69) is 5.32 Å². The predicted molar refractivity (Wildman–Crippen MR) is 49.4 cm³/mol. The van der Waals surface area contributed by atoms with Crippen LogP contribution in [0.15, 0.2) is 0 Å². The fourth-order valence-electron chi connectivity index (χ4n) is 1.68. The summed E-state index contributed by atoms with van der Waals surface area (Å²) in [6.07, 6.45) is 1.35. The number of ether oxygens (including phenoxy) is 2. The summed E-state index contributed by atoms with van der Waals surface area (Å²) in [5.41, 5.74) is 0. The molecule has 0 saturated heterocycles. The van der Waals surface area contributed by atoms with E-state index < -0.39 is 0 Å². The molecule has 0 aromatic heterocycles. The Morgan fingerprint density at radius 1 is 1.31 bits per heavy atom. The molecular formula is C9H19NO3. The van der Waals surface area contributed by atoms with Crippen LogP contribution in [-0.4, -0.2) is 43.8 Å².